The van der Waals surface area contributed by atoms with Gasteiger partial charge in [-0.2, -0.15) is 5.10 Å². The molecule has 1 atom stereocenters. The quantitative estimate of drug-likeness (QED) is 0.909. The molecule has 1 aliphatic heterocycles. The number of hydrogen-bond acceptors (Lipinski definition) is 6. The molecule has 1 fully saturated rings. The molecule has 0 amide bonds. The van der Waals surface area contributed by atoms with Crippen LogP contribution in [0.1, 0.15) is 22.8 Å². The van der Waals surface area contributed by atoms with E-state index >= 15 is 0 Å². The average molecular weight is 313 g/mol. The van der Waals surface area contributed by atoms with E-state index in [4.69, 9.17) is 0 Å². The first-order valence-corrected chi connectivity index (χ1v) is 8.59. The molecule has 0 spiro atoms. The average Bonchev–Trinajstić information content (AvgIpc) is 3.04. The highest BCUT2D eigenvalue weighted by atomic mass is 32.2. The van der Waals surface area contributed by atoms with Crippen molar-refractivity contribution in [1.29, 1.82) is 0 Å². The van der Waals surface area contributed by atoms with Gasteiger partial charge in [-0.1, -0.05) is 0 Å². The Hall–Kier alpha value is -1.74. The number of rotatable bonds is 3. The van der Waals surface area contributed by atoms with Crippen molar-refractivity contribution < 1.29 is 18.3 Å². The Morgan fingerprint density at radius 1 is 1.50 bits per heavy atom. The van der Waals surface area contributed by atoms with Gasteiger partial charge in [0.2, 0.25) is 0 Å². The minimum atomic E-state index is -3.04. The molecule has 0 radical (unpaired) electrons. The van der Waals surface area contributed by atoms with Crippen LogP contribution in [0.2, 0.25) is 0 Å². The number of carbonyl (C=O) groups is 1. The fraction of sp³-hybridized carbons (Fsp3) is 0.364. The van der Waals surface area contributed by atoms with Crippen molar-refractivity contribution >= 4 is 27.1 Å². The number of aromatic carboxylic acids is 1. The van der Waals surface area contributed by atoms with Crippen LogP contribution in [0.3, 0.4) is 0 Å². The highest BCUT2D eigenvalue weighted by molar-refractivity contribution is 7.91. The Morgan fingerprint density at radius 3 is 2.85 bits per heavy atom. The molecule has 2 aromatic rings. The lowest BCUT2D eigenvalue weighted by Crippen LogP contribution is -2.11. The summed E-state index contributed by atoms with van der Waals surface area (Å²) < 4.78 is 24.5. The second-order valence-electron chi connectivity index (χ2n) is 4.57. The number of nitrogens with zero attached hydrogens (tertiary/aromatic N) is 3. The number of aromatic nitrogens is 3. The molecule has 2 aromatic heterocycles. The molecule has 9 heteroatoms. The third-order valence-electron chi connectivity index (χ3n) is 3.18. The van der Waals surface area contributed by atoms with E-state index in [1.807, 2.05) is 0 Å². The second kappa shape index (κ2) is 4.67. The first kappa shape index (κ1) is 13.3. The SMILES string of the molecule is O=C(O)c1cn(C2CCS(=O)(=O)C2)nc1-c1nccs1. The molecule has 1 unspecified atom stereocenters. The molecule has 0 aromatic carbocycles. The van der Waals surface area contributed by atoms with E-state index in [-0.39, 0.29) is 28.8 Å². The number of sulfone groups is 1. The van der Waals surface area contributed by atoms with Crippen LogP contribution in [0.15, 0.2) is 17.8 Å². The predicted molar refractivity (Wildman–Crippen MR) is 72.6 cm³/mol. The Morgan fingerprint density at radius 2 is 2.30 bits per heavy atom. The fourth-order valence-corrected chi connectivity index (χ4v) is 4.56. The molecule has 20 heavy (non-hydrogen) atoms. The van der Waals surface area contributed by atoms with E-state index in [2.05, 4.69) is 10.1 Å². The molecule has 1 saturated heterocycles. The van der Waals surface area contributed by atoms with Gasteiger partial charge in [0.1, 0.15) is 16.3 Å². The van der Waals surface area contributed by atoms with Gasteiger partial charge in [0.15, 0.2) is 9.84 Å². The lowest BCUT2D eigenvalue weighted by Gasteiger charge is -2.07. The summed E-state index contributed by atoms with van der Waals surface area (Å²) in [6.45, 7) is 0. The summed E-state index contributed by atoms with van der Waals surface area (Å²) in [4.78, 5) is 15.3. The minimum Gasteiger partial charge on any atom is -0.478 e. The summed E-state index contributed by atoms with van der Waals surface area (Å²) >= 11 is 1.29. The van der Waals surface area contributed by atoms with Crippen LogP contribution < -0.4 is 0 Å². The van der Waals surface area contributed by atoms with Crippen molar-refractivity contribution in [2.24, 2.45) is 0 Å². The van der Waals surface area contributed by atoms with Gasteiger partial charge >= 0.3 is 5.97 Å². The van der Waals surface area contributed by atoms with Gasteiger partial charge in [-0.25, -0.2) is 18.2 Å². The van der Waals surface area contributed by atoms with Crippen LogP contribution in [0.4, 0.5) is 0 Å². The van der Waals surface area contributed by atoms with Gasteiger partial charge in [0, 0.05) is 17.8 Å². The zero-order chi connectivity index (χ0) is 14.3. The third-order valence-corrected chi connectivity index (χ3v) is 5.71. The zero-order valence-electron chi connectivity index (χ0n) is 10.3. The minimum absolute atomic E-state index is 0.00501. The standard InChI is InChI=1S/C11H11N3O4S2/c15-11(16)8-5-14(7-1-4-20(17,18)6-7)13-9(8)10-12-2-3-19-10/h2-3,5,7H,1,4,6H2,(H,15,16). The molecule has 0 aliphatic carbocycles. The molecule has 1 N–H and O–H groups in total. The Labute approximate surface area is 118 Å². The second-order valence-corrected chi connectivity index (χ2v) is 7.69. The molecule has 0 bridgehead atoms. The van der Waals surface area contributed by atoms with Crippen molar-refractivity contribution in [1.82, 2.24) is 14.8 Å². The predicted octanol–water partition coefficient (Wildman–Crippen LogP) is 1.06. The highest BCUT2D eigenvalue weighted by Crippen LogP contribution is 2.29. The third kappa shape index (κ3) is 2.34. The van der Waals surface area contributed by atoms with Gasteiger partial charge in [-0.15, -0.1) is 11.3 Å². The fourth-order valence-electron chi connectivity index (χ4n) is 2.22. The number of hydrogen-bond donors (Lipinski definition) is 1. The summed E-state index contributed by atoms with van der Waals surface area (Å²) in [7, 11) is -3.04. The molecule has 3 rings (SSSR count). The summed E-state index contributed by atoms with van der Waals surface area (Å²) in [5, 5.41) is 15.7. The van der Waals surface area contributed by atoms with Crippen LogP contribution in [-0.4, -0.2) is 45.8 Å². The van der Waals surface area contributed by atoms with Gasteiger partial charge in [0.25, 0.3) is 0 Å². The maximum absolute atomic E-state index is 11.5. The van der Waals surface area contributed by atoms with E-state index in [0.29, 0.717) is 11.4 Å². The molecular weight excluding hydrogens is 302 g/mol. The highest BCUT2D eigenvalue weighted by Gasteiger charge is 2.31. The first-order valence-electron chi connectivity index (χ1n) is 5.89. The van der Waals surface area contributed by atoms with E-state index in [9.17, 15) is 18.3 Å². The summed E-state index contributed by atoms with van der Waals surface area (Å²) in [6.07, 6.45) is 3.43. The smallest absolute Gasteiger partial charge is 0.339 e. The van der Waals surface area contributed by atoms with Crippen LogP contribution in [-0.2, 0) is 9.84 Å². The lowest BCUT2D eigenvalue weighted by atomic mass is 10.2. The molecule has 106 valence electrons. The van der Waals surface area contributed by atoms with Gasteiger partial charge in [0.05, 0.1) is 17.5 Å². The maximum atomic E-state index is 11.5. The number of carboxylic acids is 1. The summed E-state index contributed by atoms with van der Waals surface area (Å²) in [5.41, 5.74) is 0.334. The number of thiazole rings is 1. The van der Waals surface area contributed by atoms with Crippen LogP contribution in [0.25, 0.3) is 10.7 Å². The molecule has 3 heterocycles. The molecule has 0 saturated carbocycles. The van der Waals surface area contributed by atoms with E-state index in [0.717, 1.165) is 0 Å². The Bertz CT molecular complexity index is 749. The van der Waals surface area contributed by atoms with Crippen molar-refractivity contribution in [2.75, 3.05) is 11.5 Å². The van der Waals surface area contributed by atoms with Gasteiger partial charge < -0.3 is 5.11 Å². The first-order chi connectivity index (χ1) is 9.46. The lowest BCUT2D eigenvalue weighted by molar-refractivity contribution is 0.0697. The molecule has 1 aliphatic rings. The van der Waals surface area contributed by atoms with Crippen LogP contribution >= 0.6 is 11.3 Å². The van der Waals surface area contributed by atoms with Crippen LogP contribution in [0, 0.1) is 0 Å². The zero-order valence-corrected chi connectivity index (χ0v) is 11.9. The van der Waals surface area contributed by atoms with Crippen molar-refractivity contribution in [3.63, 3.8) is 0 Å². The monoisotopic (exact) mass is 313 g/mol. The molecular formula is C11H11N3O4S2. The van der Waals surface area contributed by atoms with E-state index < -0.39 is 15.8 Å². The van der Waals surface area contributed by atoms with Gasteiger partial charge in [-0.05, 0) is 6.42 Å². The summed E-state index contributed by atoms with van der Waals surface area (Å²) in [5.74, 6) is -0.973. The Balaban J connectivity index is 2.02. The topological polar surface area (TPSA) is 102 Å². The summed E-state index contributed by atoms with van der Waals surface area (Å²) in [6, 6.07) is -0.299. The van der Waals surface area contributed by atoms with E-state index in [1.165, 1.54) is 22.2 Å². The van der Waals surface area contributed by atoms with Crippen molar-refractivity contribution in [3.8, 4) is 10.7 Å². The molecule has 7 nitrogen and oxygen atoms in total. The largest absolute Gasteiger partial charge is 0.478 e. The van der Waals surface area contributed by atoms with Crippen molar-refractivity contribution in [2.45, 2.75) is 12.5 Å². The van der Waals surface area contributed by atoms with Crippen molar-refractivity contribution in [3.05, 3.63) is 23.3 Å². The van der Waals surface area contributed by atoms with Gasteiger partial charge in [-0.3, -0.25) is 4.68 Å². The Kier molecular flexibility index (Phi) is 3.09. The maximum Gasteiger partial charge on any atom is 0.339 e. The van der Waals surface area contributed by atoms with E-state index in [1.54, 1.807) is 11.6 Å². The number of carboxylic acid groups (broad SMARTS) is 1. The normalized spacial score (nSPS) is 21.1. The van der Waals surface area contributed by atoms with Crippen LogP contribution in [0.5, 0.6) is 0 Å².